The predicted octanol–water partition coefficient (Wildman–Crippen LogP) is 1.35. The van der Waals surface area contributed by atoms with Crippen molar-refractivity contribution in [1.29, 1.82) is 0 Å². The zero-order chi connectivity index (χ0) is 15.0. The second kappa shape index (κ2) is 4.79. The number of hydrogen-bond donors (Lipinski definition) is 1. The van der Waals surface area contributed by atoms with Gasteiger partial charge in [0.25, 0.3) is 5.89 Å². The highest BCUT2D eigenvalue weighted by atomic mass is 32.2. The Morgan fingerprint density at radius 2 is 2.10 bits per heavy atom. The molecule has 0 atom stereocenters. The number of nitrogens with two attached hydrogens (primary N) is 1. The van der Waals surface area contributed by atoms with Crippen LogP contribution in [-0.2, 0) is 10.0 Å². The quantitative estimate of drug-likeness (QED) is 0.774. The van der Waals surface area contributed by atoms with Gasteiger partial charge in [0.15, 0.2) is 5.76 Å². The largest absolute Gasteiger partial charge is 0.455 e. The van der Waals surface area contributed by atoms with E-state index in [2.05, 4.69) is 15.1 Å². The number of sulfonamides is 1. The number of nitrogens with zero attached hydrogens (tertiary/aromatic N) is 3. The van der Waals surface area contributed by atoms with Crippen molar-refractivity contribution in [2.75, 3.05) is 0 Å². The summed E-state index contributed by atoms with van der Waals surface area (Å²) in [6.07, 6.45) is 1.60. The van der Waals surface area contributed by atoms with E-state index >= 15 is 0 Å². The maximum atomic E-state index is 11.4. The topological polar surface area (TPSA) is 125 Å². The fraction of sp³-hybridized carbons (Fsp3) is 0.0833. The zero-order valence-electron chi connectivity index (χ0n) is 10.8. The standard InChI is InChI=1S/C12H10N4O4S/c1-7-10(21(13,17)18)6-9(19-7)12-15-11(16-20-12)8-4-2-3-5-14-8/h2-6H,1H3,(H2,13,17,18). The summed E-state index contributed by atoms with van der Waals surface area (Å²) in [6, 6.07) is 6.52. The summed E-state index contributed by atoms with van der Waals surface area (Å²) in [5.74, 6) is 0.613. The van der Waals surface area contributed by atoms with Crippen molar-refractivity contribution >= 4 is 10.0 Å². The van der Waals surface area contributed by atoms with Crippen LogP contribution in [0.1, 0.15) is 5.76 Å². The van der Waals surface area contributed by atoms with E-state index in [-0.39, 0.29) is 28.1 Å². The lowest BCUT2D eigenvalue weighted by Crippen LogP contribution is -2.12. The first-order chi connectivity index (χ1) is 9.95. The van der Waals surface area contributed by atoms with E-state index in [1.54, 1.807) is 24.4 Å². The number of pyridine rings is 1. The highest BCUT2D eigenvalue weighted by Crippen LogP contribution is 2.27. The summed E-state index contributed by atoms with van der Waals surface area (Å²) >= 11 is 0. The van der Waals surface area contributed by atoms with Gasteiger partial charge in [-0.05, 0) is 19.1 Å². The normalized spacial score (nSPS) is 11.7. The van der Waals surface area contributed by atoms with Gasteiger partial charge in [0.1, 0.15) is 16.3 Å². The molecule has 21 heavy (non-hydrogen) atoms. The van der Waals surface area contributed by atoms with Crippen molar-refractivity contribution in [3.63, 3.8) is 0 Å². The van der Waals surface area contributed by atoms with Crippen LogP contribution in [0.4, 0.5) is 0 Å². The number of hydrogen-bond acceptors (Lipinski definition) is 7. The van der Waals surface area contributed by atoms with E-state index in [0.717, 1.165) is 0 Å². The van der Waals surface area contributed by atoms with Gasteiger partial charge in [-0.15, -0.1) is 0 Å². The second-order valence-electron chi connectivity index (χ2n) is 4.21. The fourth-order valence-corrected chi connectivity index (χ4v) is 2.49. The van der Waals surface area contributed by atoms with E-state index in [1.807, 2.05) is 0 Å². The maximum absolute atomic E-state index is 11.4. The molecule has 8 nitrogen and oxygen atoms in total. The lowest BCUT2D eigenvalue weighted by molar-refractivity contribution is 0.413. The molecule has 0 aliphatic heterocycles. The highest BCUT2D eigenvalue weighted by Gasteiger charge is 2.21. The average molecular weight is 306 g/mol. The van der Waals surface area contributed by atoms with Gasteiger partial charge >= 0.3 is 0 Å². The molecule has 0 spiro atoms. The van der Waals surface area contributed by atoms with E-state index in [0.29, 0.717) is 5.69 Å². The number of aromatic nitrogens is 3. The molecule has 0 fully saturated rings. The third-order valence-corrected chi connectivity index (χ3v) is 3.73. The van der Waals surface area contributed by atoms with E-state index in [4.69, 9.17) is 14.1 Å². The minimum atomic E-state index is -3.86. The third-order valence-electron chi connectivity index (χ3n) is 2.71. The molecule has 0 saturated heterocycles. The van der Waals surface area contributed by atoms with Crippen LogP contribution in [0, 0.1) is 6.92 Å². The van der Waals surface area contributed by atoms with Gasteiger partial charge < -0.3 is 8.94 Å². The van der Waals surface area contributed by atoms with Gasteiger partial charge in [0.2, 0.25) is 15.8 Å². The zero-order valence-corrected chi connectivity index (χ0v) is 11.7. The van der Waals surface area contributed by atoms with Crippen molar-refractivity contribution < 1.29 is 17.4 Å². The Hall–Kier alpha value is -2.52. The first-order valence-corrected chi connectivity index (χ1v) is 7.38. The van der Waals surface area contributed by atoms with Crippen molar-refractivity contribution in [2.45, 2.75) is 11.8 Å². The SMILES string of the molecule is Cc1oc(-c2nc(-c3ccccn3)no2)cc1S(N)(=O)=O. The third kappa shape index (κ3) is 2.56. The molecule has 0 unspecified atom stereocenters. The predicted molar refractivity (Wildman–Crippen MR) is 71.3 cm³/mol. The van der Waals surface area contributed by atoms with E-state index in [1.165, 1.54) is 13.0 Å². The molecule has 2 N–H and O–H groups in total. The lowest BCUT2D eigenvalue weighted by Gasteiger charge is -1.90. The minimum Gasteiger partial charge on any atom is -0.455 e. The Kier molecular flexibility index (Phi) is 3.07. The van der Waals surface area contributed by atoms with Crippen LogP contribution in [0.15, 0.2) is 44.3 Å². The maximum Gasteiger partial charge on any atom is 0.294 e. The molecule has 3 rings (SSSR count). The number of aryl methyl sites for hydroxylation is 1. The molecule has 0 aromatic carbocycles. The van der Waals surface area contributed by atoms with Crippen LogP contribution >= 0.6 is 0 Å². The molecule has 3 heterocycles. The molecule has 108 valence electrons. The summed E-state index contributed by atoms with van der Waals surface area (Å²) in [5.41, 5.74) is 0.530. The number of furan rings is 1. The monoisotopic (exact) mass is 306 g/mol. The fourth-order valence-electron chi connectivity index (χ4n) is 1.78. The molecule has 0 aliphatic carbocycles. The minimum absolute atomic E-state index is 0.0497. The van der Waals surface area contributed by atoms with Gasteiger partial charge in [0, 0.05) is 12.3 Å². The summed E-state index contributed by atoms with van der Waals surface area (Å²) in [4.78, 5) is 8.09. The molecule has 0 aliphatic rings. The van der Waals surface area contributed by atoms with Crippen LogP contribution in [0.5, 0.6) is 0 Å². The molecular weight excluding hydrogens is 296 g/mol. The summed E-state index contributed by atoms with van der Waals surface area (Å²) < 4.78 is 33.1. The van der Waals surface area contributed by atoms with Gasteiger partial charge in [-0.3, -0.25) is 4.98 Å². The van der Waals surface area contributed by atoms with Crippen LogP contribution in [0.25, 0.3) is 23.2 Å². The van der Waals surface area contributed by atoms with Crippen LogP contribution < -0.4 is 5.14 Å². The number of primary sulfonamides is 1. The summed E-state index contributed by atoms with van der Waals surface area (Å²) in [5, 5.41) is 8.86. The lowest BCUT2D eigenvalue weighted by atomic mass is 10.3. The van der Waals surface area contributed by atoms with Crippen molar-refractivity contribution in [1.82, 2.24) is 15.1 Å². The first kappa shape index (κ1) is 13.5. The molecule has 0 bridgehead atoms. The number of rotatable bonds is 3. The molecule has 0 radical (unpaired) electrons. The van der Waals surface area contributed by atoms with Crippen LogP contribution in [0.3, 0.4) is 0 Å². The molecule has 0 amide bonds. The second-order valence-corrected chi connectivity index (χ2v) is 5.74. The smallest absolute Gasteiger partial charge is 0.294 e. The molecule has 3 aromatic rings. The van der Waals surface area contributed by atoms with Gasteiger partial charge in [0.05, 0.1) is 0 Å². The van der Waals surface area contributed by atoms with Gasteiger partial charge in [-0.1, -0.05) is 11.2 Å². The van der Waals surface area contributed by atoms with Crippen molar-refractivity contribution in [3.05, 3.63) is 36.2 Å². The Labute approximate surface area is 119 Å². The average Bonchev–Trinajstić information content (AvgIpc) is 3.05. The Morgan fingerprint density at radius 1 is 1.29 bits per heavy atom. The van der Waals surface area contributed by atoms with Crippen LogP contribution in [0.2, 0.25) is 0 Å². The molecule has 9 heteroatoms. The summed E-state index contributed by atoms with van der Waals surface area (Å²) in [7, 11) is -3.86. The van der Waals surface area contributed by atoms with Gasteiger partial charge in [-0.25, -0.2) is 13.6 Å². The molecule has 3 aromatic heterocycles. The van der Waals surface area contributed by atoms with Crippen molar-refractivity contribution in [3.8, 4) is 23.2 Å². The van der Waals surface area contributed by atoms with Gasteiger partial charge in [-0.2, -0.15) is 4.98 Å². The Morgan fingerprint density at radius 3 is 2.71 bits per heavy atom. The van der Waals surface area contributed by atoms with E-state index in [9.17, 15) is 8.42 Å². The Balaban J connectivity index is 2.02. The molecular formula is C12H10N4O4S. The highest BCUT2D eigenvalue weighted by molar-refractivity contribution is 7.89. The molecule has 0 saturated carbocycles. The Bertz CT molecular complexity index is 883. The van der Waals surface area contributed by atoms with Crippen LogP contribution in [-0.4, -0.2) is 23.5 Å². The summed E-state index contributed by atoms with van der Waals surface area (Å²) in [6.45, 7) is 1.49. The van der Waals surface area contributed by atoms with E-state index < -0.39 is 10.0 Å². The van der Waals surface area contributed by atoms with Crippen molar-refractivity contribution in [2.24, 2.45) is 5.14 Å². The first-order valence-electron chi connectivity index (χ1n) is 5.84.